The second-order valence-electron chi connectivity index (χ2n) is 3.58. The van der Waals surface area contributed by atoms with Crippen molar-refractivity contribution in [3.05, 3.63) is 46.1 Å². The van der Waals surface area contributed by atoms with Crippen LogP contribution >= 0.6 is 12.2 Å². The number of nitriles is 2. The summed E-state index contributed by atoms with van der Waals surface area (Å²) in [5.74, 6) is 0. The van der Waals surface area contributed by atoms with E-state index in [-0.39, 0.29) is 21.5 Å². The number of hydrogen-bond donors (Lipinski definition) is 2. The number of aromatic amines is 1. The molecule has 2 aromatic rings. The second-order valence-corrected chi connectivity index (χ2v) is 3.99. The van der Waals surface area contributed by atoms with Crippen molar-refractivity contribution >= 4 is 17.9 Å². The highest BCUT2D eigenvalue weighted by molar-refractivity contribution is 7.71. The molecule has 1 aromatic heterocycles. The van der Waals surface area contributed by atoms with Crippen molar-refractivity contribution in [3.8, 4) is 23.4 Å². The Hall–Kier alpha value is -2.63. The number of anilines is 1. The zero-order valence-electron chi connectivity index (χ0n) is 9.27. The molecule has 1 aromatic carbocycles. The molecule has 3 N–H and O–H groups in total. The number of pyridine rings is 1. The Kier molecular flexibility index (Phi) is 3.09. The predicted molar refractivity (Wildman–Crippen MR) is 70.9 cm³/mol. The fourth-order valence-electron chi connectivity index (χ4n) is 1.67. The predicted octanol–water partition coefficient (Wildman–Crippen LogP) is 2.74. The molecular formula is C13H8N4S. The number of nitrogens with zero attached hydrogens (tertiary/aromatic N) is 2. The van der Waals surface area contributed by atoms with Crippen molar-refractivity contribution in [2.24, 2.45) is 0 Å². The lowest BCUT2D eigenvalue weighted by atomic mass is 10.0. The summed E-state index contributed by atoms with van der Waals surface area (Å²) >= 11 is 5.07. The molecule has 0 saturated heterocycles. The fourth-order valence-corrected chi connectivity index (χ4v) is 1.93. The summed E-state index contributed by atoms with van der Waals surface area (Å²) in [5.41, 5.74) is 7.66. The Labute approximate surface area is 109 Å². The third-order valence-electron chi connectivity index (χ3n) is 2.54. The second kappa shape index (κ2) is 4.70. The van der Waals surface area contributed by atoms with E-state index in [1.807, 2.05) is 42.5 Å². The van der Waals surface area contributed by atoms with E-state index in [0.29, 0.717) is 5.69 Å². The summed E-state index contributed by atoms with van der Waals surface area (Å²) in [5, 5.41) is 18.1. The molecule has 4 nitrogen and oxygen atoms in total. The molecule has 2 rings (SSSR count). The Morgan fingerprint density at radius 3 is 2.22 bits per heavy atom. The van der Waals surface area contributed by atoms with Gasteiger partial charge in [-0.05, 0) is 5.56 Å². The zero-order chi connectivity index (χ0) is 13.1. The van der Waals surface area contributed by atoms with Crippen LogP contribution in [-0.4, -0.2) is 4.98 Å². The molecule has 0 atom stereocenters. The minimum absolute atomic E-state index is 0.127. The first-order valence-corrected chi connectivity index (χ1v) is 5.51. The van der Waals surface area contributed by atoms with E-state index in [4.69, 9.17) is 23.2 Å². The van der Waals surface area contributed by atoms with Gasteiger partial charge in [0.25, 0.3) is 0 Å². The van der Waals surface area contributed by atoms with E-state index >= 15 is 0 Å². The lowest BCUT2D eigenvalue weighted by Gasteiger charge is -2.08. The van der Waals surface area contributed by atoms with Gasteiger partial charge in [-0.1, -0.05) is 42.5 Å². The number of nitrogen functional groups attached to an aromatic ring is 1. The summed E-state index contributed by atoms with van der Waals surface area (Å²) in [6.07, 6.45) is 0. The molecule has 0 aliphatic heterocycles. The van der Waals surface area contributed by atoms with Crippen molar-refractivity contribution in [1.29, 1.82) is 10.5 Å². The molecular weight excluding hydrogens is 244 g/mol. The molecule has 0 bridgehead atoms. The van der Waals surface area contributed by atoms with Crippen molar-refractivity contribution in [1.82, 2.24) is 4.98 Å². The SMILES string of the molecule is N#Cc1c(-c2ccccc2)[nH]c(=S)c(C#N)c1N. The van der Waals surface area contributed by atoms with Gasteiger partial charge in [0, 0.05) is 0 Å². The molecule has 0 spiro atoms. The number of nitrogens with two attached hydrogens (primary N) is 1. The lowest BCUT2D eigenvalue weighted by Crippen LogP contribution is -2.01. The van der Waals surface area contributed by atoms with E-state index in [1.165, 1.54) is 0 Å². The topological polar surface area (TPSA) is 89.4 Å². The third-order valence-corrected chi connectivity index (χ3v) is 2.85. The minimum atomic E-state index is 0.127. The van der Waals surface area contributed by atoms with Gasteiger partial charge in [0.2, 0.25) is 0 Å². The van der Waals surface area contributed by atoms with E-state index in [9.17, 15) is 5.26 Å². The largest absolute Gasteiger partial charge is 0.396 e. The maximum atomic E-state index is 9.18. The average molecular weight is 252 g/mol. The number of benzene rings is 1. The Balaban J connectivity index is 2.84. The van der Waals surface area contributed by atoms with Crippen molar-refractivity contribution in [2.45, 2.75) is 0 Å². The van der Waals surface area contributed by atoms with Gasteiger partial charge in [-0.25, -0.2) is 0 Å². The first-order chi connectivity index (χ1) is 8.69. The Morgan fingerprint density at radius 1 is 1.06 bits per heavy atom. The van der Waals surface area contributed by atoms with E-state index in [2.05, 4.69) is 4.98 Å². The van der Waals surface area contributed by atoms with Crippen LogP contribution in [0.1, 0.15) is 11.1 Å². The molecule has 0 aliphatic rings. The molecule has 0 unspecified atom stereocenters. The molecule has 1 heterocycles. The monoisotopic (exact) mass is 252 g/mol. The first kappa shape index (κ1) is 11.8. The van der Waals surface area contributed by atoms with Crippen LogP contribution in [0.15, 0.2) is 30.3 Å². The summed E-state index contributed by atoms with van der Waals surface area (Å²) in [4.78, 5) is 2.89. The van der Waals surface area contributed by atoms with Crippen molar-refractivity contribution in [2.75, 3.05) is 5.73 Å². The molecule has 0 amide bonds. The zero-order valence-corrected chi connectivity index (χ0v) is 10.1. The van der Waals surface area contributed by atoms with Gasteiger partial charge in [-0.3, -0.25) is 0 Å². The van der Waals surface area contributed by atoms with Gasteiger partial charge < -0.3 is 10.7 Å². The quantitative estimate of drug-likeness (QED) is 0.763. The van der Waals surface area contributed by atoms with Gasteiger partial charge in [0.15, 0.2) is 0 Å². The van der Waals surface area contributed by atoms with Crippen molar-refractivity contribution in [3.63, 3.8) is 0 Å². The van der Waals surface area contributed by atoms with Gasteiger partial charge in [-0.15, -0.1) is 0 Å². The standard InChI is InChI=1S/C13H8N4S/c14-6-9-11(16)10(7-15)13(18)17-12(9)8-4-2-1-3-5-8/h1-5H,(H3,16,17,18). The normalized spacial score (nSPS) is 9.44. The van der Waals surface area contributed by atoms with Gasteiger partial charge in [0.1, 0.15) is 27.9 Å². The van der Waals surface area contributed by atoms with E-state index < -0.39 is 0 Å². The van der Waals surface area contributed by atoms with Crippen LogP contribution in [0, 0.1) is 27.3 Å². The third kappa shape index (κ3) is 1.84. The van der Waals surface area contributed by atoms with Crippen LogP contribution in [-0.2, 0) is 0 Å². The molecule has 0 saturated carbocycles. The van der Waals surface area contributed by atoms with Gasteiger partial charge in [-0.2, -0.15) is 10.5 Å². The minimum Gasteiger partial charge on any atom is -0.396 e. The summed E-state index contributed by atoms with van der Waals surface area (Å²) < 4.78 is 0.243. The molecule has 5 heteroatoms. The number of nitrogens with one attached hydrogen (secondary N) is 1. The Bertz CT molecular complexity index is 733. The summed E-state index contributed by atoms with van der Waals surface area (Å²) in [6, 6.07) is 13.2. The summed E-state index contributed by atoms with van der Waals surface area (Å²) in [7, 11) is 0. The van der Waals surface area contributed by atoms with Crippen molar-refractivity contribution < 1.29 is 0 Å². The fraction of sp³-hybridized carbons (Fsp3) is 0. The van der Waals surface area contributed by atoms with Crippen LogP contribution in [0.2, 0.25) is 0 Å². The Morgan fingerprint density at radius 2 is 1.67 bits per heavy atom. The maximum absolute atomic E-state index is 9.18. The van der Waals surface area contributed by atoms with Gasteiger partial charge in [0.05, 0.1) is 11.4 Å². The lowest BCUT2D eigenvalue weighted by molar-refractivity contribution is 1.26. The molecule has 0 fully saturated rings. The molecule has 0 aliphatic carbocycles. The van der Waals surface area contributed by atoms with E-state index in [0.717, 1.165) is 5.56 Å². The number of rotatable bonds is 1. The number of aromatic nitrogens is 1. The van der Waals surface area contributed by atoms with Crippen LogP contribution < -0.4 is 5.73 Å². The highest BCUT2D eigenvalue weighted by Crippen LogP contribution is 2.27. The number of hydrogen-bond acceptors (Lipinski definition) is 4. The highest BCUT2D eigenvalue weighted by atomic mass is 32.1. The van der Waals surface area contributed by atoms with Crippen LogP contribution in [0.4, 0.5) is 5.69 Å². The first-order valence-electron chi connectivity index (χ1n) is 5.10. The molecule has 86 valence electrons. The summed E-state index contributed by atoms with van der Waals surface area (Å²) in [6.45, 7) is 0. The van der Waals surface area contributed by atoms with Gasteiger partial charge >= 0.3 is 0 Å². The average Bonchev–Trinajstić information content (AvgIpc) is 2.39. The van der Waals surface area contributed by atoms with Crippen LogP contribution in [0.5, 0.6) is 0 Å². The smallest absolute Gasteiger partial charge is 0.123 e. The van der Waals surface area contributed by atoms with E-state index in [1.54, 1.807) is 0 Å². The molecule has 0 radical (unpaired) electrons. The molecule has 18 heavy (non-hydrogen) atoms. The van der Waals surface area contributed by atoms with Crippen LogP contribution in [0.3, 0.4) is 0 Å². The van der Waals surface area contributed by atoms with Crippen LogP contribution in [0.25, 0.3) is 11.3 Å². The highest BCUT2D eigenvalue weighted by Gasteiger charge is 2.14. The number of H-pyrrole nitrogens is 1. The maximum Gasteiger partial charge on any atom is 0.123 e.